The standard InChI is InChI=1S/C18H20N2/c1-2-6-16(10-12-18-8-4-14-20-18)15(5-1)9-11-17-7-3-13-19-17/h1-8,13-14,19-20H,9-12H2. The maximum Gasteiger partial charge on any atom is 0.0150 e. The first kappa shape index (κ1) is 12.8. The minimum atomic E-state index is 1.08. The Hall–Kier alpha value is -2.22. The van der Waals surface area contributed by atoms with Gasteiger partial charge in [0.1, 0.15) is 0 Å². The highest BCUT2D eigenvalue weighted by atomic mass is 14.7. The van der Waals surface area contributed by atoms with Crippen molar-refractivity contribution in [3.8, 4) is 0 Å². The van der Waals surface area contributed by atoms with Crippen LogP contribution in [0.1, 0.15) is 22.5 Å². The fraction of sp³-hybridized carbons (Fsp3) is 0.222. The van der Waals surface area contributed by atoms with Gasteiger partial charge in [-0.2, -0.15) is 0 Å². The summed E-state index contributed by atoms with van der Waals surface area (Å²) in [4.78, 5) is 6.55. The predicted octanol–water partition coefficient (Wildman–Crippen LogP) is 3.91. The number of hydrogen-bond acceptors (Lipinski definition) is 0. The predicted molar refractivity (Wildman–Crippen MR) is 82.8 cm³/mol. The third kappa shape index (κ3) is 3.21. The minimum absolute atomic E-state index is 1.08. The molecule has 0 atom stereocenters. The van der Waals surface area contributed by atoms with Crippen molar-refractivity contribution in [1.29, 1.82) is 0 Å². The topological polar surface area (TPSA) is 31.6 Å². The first-order valence-corrected chi connectivity index (χ1v) is 7.23. The van der Waals surface area contributed by atoms with Gasteiger partial charge < -0.3 is 9.97 Å². The second-order valence-electron chi connectivity index (χ2n) is 5.16. The molecule has 0 saturated carbocycles. The van der Waals surface area contributed by atoms with E-state index in [1.807, 2.05) is 12.4 Å². The maximum absolute atomic E-state index is 3.28. The van der Waals surface area contributed by atoms with Gasteiger partial charge in [-0.15, -0.1) is 0 Å². The van der Waals surface area contributed by atoms with E-state index in [-0.39, 0.29) is 0 Å². The highest BCUT2D eigenvalue weighted by molar-refractivity contribution is 5.29. The molecule has 2 N–H and O–H groups in total. The Labute approximate surface area is 119 Å². The van der Waals surface area contributed by atoms with Gasteiger partial charge in [0.15, 0.2) is 0 Å². The zero-order valence-electron chi connectivity index (χ0n) is 11.6. The number of nitrogens with one attached hydrogen (secondary N) is 2. The summed E-state index contributed by atoms with van der Waals surface area (Å²) in [6.45, 7) is 0. The van der Waals surface area contributed by atoms with Crippen molar-refractivity contribution in [2.24, 2.45) is 0 Å². The second-order valence-corrected chi connectivity index (χ2v) is 5.16. The average molecular weight is 264 g/mol. The summed E-state index contributed by atoms with van der Waals surface area (Å²) >= 11 is 0. The highest BCUT2D eigenvalue weighted by Crippen LogP contribution is 2.14. The van der Waals surface area contributed by atoms with E-state index in [9.17, 15) is 0 Å². The van der Waals surface area contributed by atoms with E-state index in [2.05, 4.69) is 58.5 Å². The number of aryl methyl sites for hydroxylation is 4. The van der Waals surface area contributed by atoms with Crippen LogP contribution in [0.2, 0.25) is 0 Å². The molecule has 0 radical (unpaired) electrons. The molecule has 0 fully saturated rings. The number of benzene rings is 1. The highest BCUT2D eigenvalue weighted by Gasteiger charge is 2.04. The third-order valence-electron chi connectivity index (χ3n) is 3.77. The lowest BCUT2D eigenvalue weighted by Gasteiger charge is -2.08. The number of aromatic nitrogens is 2. The van der Waals surface area contributed by atoms with Gasteiger partial charge >= 0.3 is 0 Å². The van der Waals surface area contributed by atoms with E-state index in [1.165, 1.54) is 22.5 Å². The average Bonchev–Trinajstić information content (AvgIpc) is 3.17. The summed E-state index contributed by atoms with van der Waals surface area (Å²) in [5.41, 5.74) is 5.55. The van der Waals surface area contributed by atoms with Crippen LogP contribution in [0.5, 0.6) is 0 Å². The van der Waals surface area contributed by atoms with Crippen LogP contribution in [0.15, 0.2) is 60.9 Å². The van der Waals surface area contributed by atoms with Gasteiger partial charge in [0.05, 0.1) is 0 Å². The fourth-order valence-electron chi connectivity index (χ4n) is 2.63. The molecule has 0 amide bonds. The molecular formula is C18H20N2. The number of rotatable bonds is 6. The van der Waals surface area contributed by atoms with E-state index in [4.69, 9.17) is 0 Å². The van der Waals surface area contributed by atoms with E-state index in [0.717, 1.165) is 25.7 Å². The summed E-state index contributed by atoms with van der Waals surface area (Å²) in [6, 6.07) is 17.2. The molecule has 0 aliphatic rings. The van der Waals surface area contributed by atoms with Gasteiger partial charge in [0.2, 0.25) is 0 Å². The molecule has 2 heteroatoms. The van der Waals surface area contributed by atoms with Gasteiger partial charge in [0.25, 0.3) is 0 Å². The number of hydrogen-bond donors (Lipinski definition) is 2. The largest absolute Gasteiger partial charge is 0.365 e. The van der Waals surface area contributed by atoms with Crippen LogP contribution in [0.25, 0.3) is 0 Å². The summed E-state index contributed by atoms with van der Waals surface area (Å²) in [5, 5.41) is 0. The Bertz CT molecular complexity index is 564. The molecule has 102 valence electrons. The molecule has 0 spiro atoms. The lowest BCUT2D eigenvalue weighted by Crippen LogP contribution is -1.99. The minimum Gasteiger partial charge on any atom is -0.365 e. The van der Waals surface area contributed by atoms with Crippen LogP contribution < -0.4 is 0 Å². The number of H-pyrrole nitrogens is 2. The SMILES string of the molecule is c1c[nH]c(CCc2ccccc2CCc2ccc[nH]2)c1. The summed E-state index contributed by atoms with van der Waals surface area (Å²) in [6.07, 6.45) is 8.33. The molecule has 3 rings (SSSR count). The van der Waals surface area contributed by atoms with Crippen LogP contribution in [-0.4, -0.2) is 9.97 Å². The van der Waals surface area contributed by atoms with Crippen molar-refractivity contribution in [3.63, 3.8) is 0 Å². The van der Waals surface area contributed by atoms with Gasteiger partial charge in [-0.25, -0.2) is 0 Å². The summed E-state index contributed by atoms with van der Waals surface area (Å²) in [5.74, 6) is 0. The molecule has 2 nitrogen and oxygen atoms in total. The van der Waals surface area contributed by atoms with E-state index < -0.39 is 0 Å². The smallest absolute Gasteiger partial charge is 0.0150 e. The first-order valence-electron chi connectivity index (χ1n) is 7.23. The lowest BCUT2D eigenvalue weighted by molar-refractivity contribution is 0.869. The maximum atomic E-state index is 3.28. The normalized spacial score (nSPS) is 10.8. The Morgan fingerprint density at radius 1 is 0.550 bits per heavy atom. The van der Waals surface area contributed by atoms with E-state index in [0.29, 0.717) is 0 Å². The van der Waals surface area contributed by atoms with Crippen molar-refractivity contribution < 1.29 is 0 Å². The molecule has 2 aromatic heterocycles. The van der Waals surface area contributed by atoms with Gasteiger partial charge in [-0.05, 0) is 61.1 Å². The van der Waals surface area contributed by atoms with E-state index >= 15 is 0 Å². The first-order chi connectivity index (χ1) is 9.92. The van der Waals surface area contributed by atoms with Crippen LogP contribution in [0.3, 0.4) is 0 Å². The Morgan fingerprint density at radius 3 is 1.45 bits per heavy atom. The summed E-state index contributed by atoms with van der Waals surface area (Å²) in [7, 11) is 0. The third-order valence-corrected chi connectivity index (χ3v) is 3.77. The second kappa shape index (κ2) is 6.29. The molecule has 20 heavy (non-hydrogen) atoms. The fourth-order valence-corrected chi connectivity index (χ4v) is 2.63. The Balaban J connectivity index is 1.64. The van der Waals surface area contributed by atoms with Crippen LogP contribution in [0, 0.1) is 0 Å². The molecule has 0 unspecified atom stereocenters. The van der Waals surface area contributed by atoms with Gasteiger partial charge in [-0.3, -0.25) is 0 Å². The van der Waals surface area contributed by atoms with Crippen molar-refractivity contribution >= 4 is 0 Å². The molecule has 3 aromatic rings. The zero-order chi connectivity index (χ0) is 13.6. The Kier molecular flexibility index (Phi) is 4.02. The molecule has 0 aliphatic heterocycles. The molecular weight excluding hydrogens is 244 g/mol. The molecule has 0 bridgehead atoms. The van der Waals surface area contributed by atoms with Crippen LogP contribution >= 0.6 is 0 Å². The van der Waals surface area contributed by atoms with Crippen molar-refractivity contribution in [2.75, 3.05) is 0 Å². The molecule has 0 saturated heterocycles. The van der Waals surface area contributed by atoms with Crippen molar-refractivity contribution in [3.05, 3.63) is 83.4 Å². The lowest BCUT2D eigenvalue weighted by atomic mass is 9.98. The van der Waals surface area contributed by atoms with Crippen molar-refractivity contribution in [2.45, 2.75) is 25.7 Å². The van der Waals surface area contributed by atoms with Gasteiger partial charge in [-0.1, -0.05) is 24.3 Å². The molecule has 0 aliphatic carbocycles. The molecule has 1 aromatic carbocycles. The van der Waals surface area contributed by atoms with Crippen LogP contribution in [-0.2, 0) is 25.7 Å². The van der Waals surface area contributed by atoms with E-state index in [1.54, 1.807) is 0 Å². The quantitative estimate of drug-likeness (QED) is 0.676. The molecule has 2 heterocycles. The monoisotopic (exact) mass is 264 g/mol. The Morgan fingerprint density at radius 2 is 1.05 bits per heavy atom. The number of aromatic amines is 2. The van der Waals surface area contributed by atoms with Crippen LogP contribution in [0.4, 0.5) is 0 Å². The van der Waals surface area contributed by atoms with Crippen molar-refractivity contribution in [1.82, 2.24) is 9.97 Å². The summed E-state index contributed by atoms with van der Waals surface area (Å²) < 4.78 is 0. The van der Waals surface area contributed by atoms with Gasteiger partial charge in [0, 0.05) is 23.8 Å². The zero-order valence-corrected chi connectivity index (χ0v) is 11.6.